The maximum absolute atomic E-state index is 11.0. The molecule has 0 saturated carbocycles. The molecule has 1 saturated heterocycles. The highest BCUT2D eigenvalue weighted by Crippen LogP contribution is 2.29. The van der Waals surface area contributed by atoms with Crippen molar-refractivity contribution in [1.29, 1.82) is 0 Å². The molecule has 1 heterocycles. The van der Waals surface area contributed by atoms with Crippen molar-refractivity contribution in [2.45, 2.75) is 12.5 Å². The number of nitrogens with one attached hydrogen (secondary N) is 1. The van der Waals surface area contributed by atoms with E-state index in [-0.39, 0.29) is 6.09 Å². The molecule has 1 aromatic rings. The maximum Gasteiger partial charge on any atom is 0.408 e. The SMILES string of the molecule is CC1(c2cccc(Br)c2)CNC(=O)O1. The summed E-state index contributed by atoms with van der Waals surface area (Å²) >= 11 is 3.39. The molecule has 1 aliphatic rings. The van der Waals surface area contributed by atoms with Crippen LogP contribution in [0.3, 0.4) is 0 Å². The molecule has 1 atom stereocenters. The third-order valence-electron chi connectivity index (χ3n) is 2.32. The zero-order valence-corrected chi connectivity index (χ0v) is 9.30. The van der Waals surface area contributed by atoms with E-state index in [1.165, 1.54) is 0 Å². The molecular formula is C10H10BrNO2. The molecule has 0 radical (unpaired) electrons. The minimum absolute atomic E-state index is 0.354. The van der Waals surface area contributed by atoms with Crippen molar-refractivity contribution in [3.05, 3.63) is 34.3 Å². The molecule has 2 rings (SSSR count). The minimum Gasteiger partial charge on any atom is -0.436 e. The van der Waals surface area contributed by atoms with Crippen LogP contribution in [0.25, 0.3) is 0 Å². The van der Waals surface area contributed by atoms with Gasteiger partial charge >= 0.3 is 6.09 Å². The molecule has 0 bridgehead atoms. The van der Waals surface area contributed by atoms with Gasteiger partial charge in [-0.2, -0.15) is 0 Å². The number of carbonyl (C=O) groups is 1. The Balaban J connectivity index is 2.34. The second kappa shape index (κ2) is 3.28. The van der Waals surface area contributed by atoms with Crippen molar-refractivity contribution >= 4 is 22.0 Å². The van der Waals surface area contributed by atoms with E-state index in [9.17, 15) is 4.79 Å². The number of amides is 1. The van der Waals surface area contributed by atoms with Crippen LogP contribution >= 0.6 is 15.9 Å². The van der Waals surface area contributed by atoms with E-state index in [0.29, 0.717) is 6.54 Å². The van der Waals surface area contributed by atoms with Crippen LogP contribution in [-0.4, -0.2) is 12.6 Å². The number of cyclic esters (lactones) is 1. The van der Waals surface area contributed by atoms with Crippen molar-refractivity contribution in [3.8, 4) is 0 Å². The highest BCUT2D eigenvalue weighted by molar-refractivity contribution is 9.10. The van der Waals surface area contributed by atoms with Gasteiger partial charge in [-0.15, -0.1) is 0 Å². The summed E-state index contributed by atoms with van der Waals surface area (Å²) in [6, 6.07) is 7.78. The Kier molecular flexibility index (Phi) is 2.23. The van der Waals surface area contributed by atoms with Crippen LogP contribution in [0, 0.1) is 0 Å². The van der Waals surface area contributed by atoms with Gasteiger partial charge in [-0.1, -0.05) is 28.1 Å². The van der Waals surface area contributed by atoms with Gasteiger partial charge in [0.1, 0.15) is 0 Å². The molecule has 1 fully saturated rings. The van der Waals surface area contributed by atoms with Crippen molar-refractivity contribution < 1.29 is 9.53 Å². The summed E-state index contributed by atoms with van der Waals surface area (Å²) in [5, 5.41) is 2.65. The zero-order chi connectivity index (χ0) is 10.2. The van der Waals surface area contributed by atoms with Gasteiger partial charge in [0.15, 0.2) is 5.60 Å². The van der Waals surface area contributed by atoms with Crippen LogP contribution in [0.5, 0.6) is 0 Å². The lowest BCUT2D eigenvalue weighted by atomic mass is 9.97. The standard InChI is InChI=1S/C10H10BrNO2/c1-10(6-12-9(13)14-10)7-3-2-4-8(11)5-7/h2-5H,6H2,1H3,(H,12,13). The fourth-order valence-corrected chi connectivity index (χ4v) is 1.90. The fourth-order valence-electron chi connectivity index (χ4n) is 1.50. The van der Waals surface area contributed by atoms with E-state index in [2.05, 4.69) is 21.2 Å². The number of benzene rings is 1. The van der Waals surface area contributed by atoms with E-state index < -0.39 is 5.60 Å². The van der Waals surface area contributed by atoms with Crippen molar-refractivity contribution in [1.82, 2.24) is 5.32 Å². The molecule has 1 amide bonds. The normalized spacial score (nSPS) is 25.7. The second-order valence-electron chi connectivity index (χ2n) is 3.48. The van der Waals surface area contributed by atoms with Crippen LogP contribution in [0.1, 0.15) is 12.5 Å². The van der Waals surface area contributed by atoms with Crippen LogP contribution in [-0.2, 0) is 10.3 Å². The lowest BCUT2D eigenvalue weighted by molar-refractivity contribution is 0.0704. The smallest absolute Gasteiger partial charge is 0.408 e. The number of hydrogen-bond acceptors (Lipinski definition) is 2. The summed E-state index contributed by atoms with van der Waals surface area (Å²) in [5.74, 6) is 0. The predicted octanol–water partition coefficient (Wildman–Crippen LogP) is 2.40. The highest BCUT2D eigenvalue weighted by atomic mass is 79.9. The van der Waals surface area contributed by atoms with E-state index >= 15 is 0 Å². The van der Waals surface area contributed by atoms with Gasteiger partial charge in [0.05, 0.1) is 6.54 Å². The van der Waals surface area contributed by atoms with Crippen LogP contribution in [0.2, 0.25) is 0 Å². The summed E-state index contributed by atoms with van der Waals surface area (Å²) in [6.45, 7) is 2.41. The molecule has 1 aromatic carbocycles. The summed E-state index contributed by atoms with van der Waals surface area (Å²) in [6.07, 6.45) is -0.354. The second-order valence-corrected chi connectivity index (χ2v) is 4.40. The largest absolute Gasteiger partial charge is 0.436 e. The number of rotatable bonds is 1. The van der Waals surface area contributed by atoms with Gasteiger partial charge in [-0.3, -0.25) is 0 Å². The van der Waals surface area contributed by atoms with E-state index in [4.69, 9.17) is 4.74 Å². The molecule has 1 aliphatic heterocycles. The Labute approximate surface area is 90.6 Å². The van der Waals surface area contributed by atoms with E-state index in [0.717, 1.165) is 10.0 Å². The summed E-state index contributed by atoms with van der Waals surface area (Å²) in [5.41, 5.74) is 0.450. The lowest BCUT2D eigenvalue weighted by Gasteiger charge is -2.21. The quantitative estimate of drug-likeness (QED) is 0.837. The van der Waals surface area contributed by atoms with Crippen LogP contribution < -0.4 is 5.32 Å². The summed E-state index contributed by atoms with van der Waals surface area (Å²) in [4.78, 5) is 11.0. The van der Waals surface area contributed by atoms with Gasteiger partial charge in [0, 0.05) is 4.47 Å². The minimum atomic E-state index is -0.541. The number of alkyl carbamates (subject to hydrolysis) is 1. The molecule has 1 N–H and O–H groups in total. The zero-order valence-electron chi connectivity index (χ0n) is 7.71. The molecule has 0 spiro atoms. The molecule has 74 valence electrons. The first kappa shape index (κ1) is 9.52. The first-order chi connectivity index (χ1) is 6.60. The molecule has 4 heteroatoms. The monoisotopic (exact) mass is 255 g/mol. The van der Waals surface area contributed by atoms with Gasteiger partial charge in [0.2, 0.25) is 0 Å². The van der Waals surface area contributed by atoms with Gasteiger partial charge in [0.25, 0.3) is 0 Å². The molecular weight excluding hydrogens is 246 g/mol. The Hall–Kier alpha value is -1.03. The molecule has 0 aromatic heterocycles. The van der Waals surface area contributed by atoms with Gasteiger partial charge in [-0.05, 0) is 24.6 Å². The molecule has 0 aliphatic carbocycles. The summed E-state index contributed by atoms with van der Waals surface area (Å²) < 4.78 is 6.20. The van der Waals surface area contributed by atoms with Gasteiger partial charge < -0.3 is 10.1 Å². The molecule has 3 nitrogen and oxygen atoms in total. The van der Waals surface area contributed by atoms with E-state index in [1.807, 2.05) is 31.2 Å². The predicted molar refractivity (Wildman–Crippen MR) is 56.0 cm³/mol. The molecule has 1 unspecified atom stereocenters. The third-order valence-corrected chi connectivity index (χ3v) is 2.82. The number of hydrogen-bond donors (Lipinski definition) is 1. The average molecular weight is 256 g/mol. The lowest BCUT2D eigenvalue weighted by Crippen LogP contribution is -2.26. The van der Waals surface area contributed by atoms with Crippen molar-refractivity contribution in [3.63, 3.8) is 0 Å². The number of halogens is 1. The fraction of sp³-hybridized carbons (Fsp3) is 0.300. The number of ether oxygens (including phenoxy) is 1. The Bertz CT molecular complexity index is 380. The number of carbonyl (C=O) groups excluding carboxylic acids is 1. The third kappa shape index (κ3) is 1.62. The van der Waals surface area contributed by atoms with Crippen molar-refractivity contribution in [2.24, 2.45) is 0 Å². The first-order valence-electron chi connectivity index (χ1n) is 4.33. The van der Waals surface area contributed by atoms with Gasteiger partial charge in [-0.25, -0.2) is 4.79 Å². The van der Waals surface area contributed by atoms with Crippen molar-refractivity contribution in [2.75, 3.05) is 6.54 Å². The Morgan fingerprint density at radius 2 is 2.36 bits per heavy atom. The van der Waals surface area contributed by atoms with Crippen LogP contribution in [0.15, 0.2) is 28.7 Å². The Morgan fingerprint density at radius 3 is 2.93 bits per heavy atom. The van der Waals surface area contributed by atoms with Crippen LogP contribution in [0.4, 0.5) is 4.79 Å². The van der Waals surface area contributed by atoms with E-state index in [1.54, 1.807) is 0 Å². The first-order valence-corrected chi connectivity index (χ1v) is 5.12. The topological polar surface area (TPSA) is 38.3 Å². The highest BCUT2D eigenvalue weighted by Gasteiger charge is 2.37. The Morgan fingerprint density at radius 1 is 1.57 bits per heavy atom. The summed E-state index contributed by atoms with van der Waals surface area (Å²) in [7, 11) is 0. The maximum atomic E-state index is 11.0. The molecule has 14 heavy (non-hydrogen) atoms. The average Bonchev–Trinajstić information content (AvgIpc) is 2.48.